The third-order valence-electron chi connectivity index (χ3n) is 4.75. The fourth-order valence-corrected chi connectivity index (χ4v) is 4.44. The second-order valence-corrected chi connectivity index (χ2v) is 9.21. The quantitative estimate of drug-likeness (QED) is 0.615. The summed E-state index contributed by atoms with van der Waals surface area (Å²) in [6, 6.07) is 13.2. The lowest BCUT2D eigenvalue weighted by atomic mass is 9.89. The summed E-state index contributed by atoms with van der Waals surface area (Å²) in [5.74, 6) is 1.57. The van der Waals surface area contributed by atoms with E-state index in [9.17, 15) is 4.79 Å². The summed E-state index contributed by atoms with van der Waals surface area (Å²) in [7, 11) is 1.64. The molecule has 1 amide bonds. The topological polar surface area (TPSA) is 47.6 Å². The van der Waals surface area contributed by atoms with Crippen molar-refractivity contribution in [1.29, 1.82) is 0 Å². The number of hydrogen-bond donors (Lipinski definition) is 1. The molecule has 0 radical (unpaired) electrons. The number of halogens is 1. The van der Waals surface area contributed by atoms with Crippen molar-refractivity contribution in [2.45, 2.75) is 55.4 Å². The van der Waals surface area contributed by atoms with Crippen molar-refractivity contribution in [3.8, 4) is 11.5 Å². The molecular formula is C22H26ClNO3S. The van der Waals surface area contributed by atoms with Crippen LogP contribution in [0.15, 0.2) is 47.4 Å². The molecular weight excluding hydrogens is 394 g/mol. The molecule has 0 fully saturated rings. The van der Waals surface area contributed by atoms with Crippen LogP contribution in [-0.4, -0.2) is 23.9 Å². The minimum absolute atomic E-state index is 0.0268. The molecule has 0 spiro atoms. The molecule has 28 heavy (non-hydrogen) atoms. The van der Waals surface area contributed by atoms with E-state index < -0.39 is 0 Å². The van der Waals surface area contributed by atoms with Crippen molar-refractivity contribution in [2.75, 3.05) is 7.11 Å². The van der Waals surface area contributed by atoms with E-state index in [1.807, 2.05) is 63.2 Å². The zero-order chi connectivity index (χ0) is 20.3. The predicted octanol–water partition coefficient (Wildman–Crippen LogP) is 5.64. The molecule has 2 aromatic carbocycles. The Labute approximate surface area is 175 Å². The molecule has 1 N–H and O–H groups in total. The van der Waals surface area contributed by atoms with Crippen molar-refractivity contribution in [3.05, 3.63) is 53.1 Å². The van der Waals surface area contributed by atoms with Gasteiger partial charge in [0.1, 0.15) is 17.1 Å². The van der Waals surface area contributed by atoms with Crippen molar-refractivity contribution in [1.82, 2.24) is 5.32 Å². The highest BCUT2D eigenvalue weighted by atomic mass is 35.5. The lowest BCUT2D eigenvalue weighted by Crippen LogP contribution is -2.43. The van der Waals surface area contributed by atoms with Crippen LogP contribution in [0.2, 0.25) is 5.02 Å². The van der Waals surface area contributed by atoms with Crippen LogP contribution < -0.4 is 14.8 Å². The number of fused-ring (bicyclic) bond motifs is 1. The molecule has 2 aromatic rings. The van der Waals surface area contributed by atoms with E-state index in [4.69, 9.17) is 21.1 Å². The molecule has 0 unspecified atom stereocenters. The maximum Gasteiger partial charge on any atom is 0.233 e. The van der Waals surface area contributed by atoms with Gasteiger partial charge in [0.05, 0.1) is 18.4 Å². The van der Waals surface area contributed by atoms with Crippen molar-refractivity contribution < 1.29 is 14.3 Å². The number of benzene rings is 2. The number of carbonyl (C=O) groups excluding carboxylic acids is 1. The second kappa shape index (κ2) is 8.66. The standard InChI is InChI=1S/C22H26ClNO3S/c1-5-20(28-16-9-6-14(23)7-10-16)21(25)24-18-13-22(2,3)27-19-11-8-15(26-4)12-17(18)19/h6-12,18,20H,5,13H2,1-4H3,(H,24,25)/t18-,20-/m1/s1. The third-order valence-corrected chi connectivity index (χ3v) is 6.37. The molecule has 1 aliphatic heterocycles. The SMILES string of the molecule is CC[C@@H](Sc1ccc(Cl)cc1)C(=O)N[C@@H]1CC(C)(C)Oc2ccc(OC)cc21. The molecule has 0 saturated carbocycles. The second-order valence-electron chi connectivity index (χ2n) is 7.50. The Morgan fingerprint density at radius 3 is 2.68 bits per heavy atom. The minimum atomic E-state index is -0.357. The highest BCUT2D eigenvalue weighted by Crippen LogP contribution is 2.41. The van der Waals surface area contributed by atoms with Gasteiger partial charge in [-0.3, -0.25) is 4.79 Å². The lowest BCUT2D eigenvalue weighted by molar-refractivity contribution is -0.121. The first-order valence-corrected chi connectivity index (χ1v) is 10.7. The van der Waals surface area contributed by atoms with Gasteiger partial charge >= 0.3 is 0 Å². The van der Waals surface area contributed by atoms with E-state index >= 15 is 0 Å². The van der Waals surface area contributed by atoms with Crippen LogP contribution in [-0.2, 0) is 4.79 Å². The van der Waals surface area contributed by atoms with Gasteiger partial charge in [-0.15, -0.1) is 11.8 Å². The van der Waals surface area contributed by atoms with Gasteiger partial charge in [-0.1, -0.05) is 18.5 Å². The lowest BCUT2D eigenvalue weighted by Gasteiger charge is -2.38. The highest BCUT2D eigenvalue weighted by Gasteiger charge is 2.35. The fraction of sp³-hybridized carbons (Fsp3) is 0.409. The smallest absolute Gasteiger partial charge is 0.233 e. The Kier molecular flexibility index (Phi) is 6.46. The number of amides is 1. The number of rotatable bonds is 6. The maximum atomic E-state index is 13.1. The number of carbonyl (C=O) groups is 1. The van der Waals surface area contributed by atoms with Gasteiger partial charge in [0.15, 0.2) is 0 Å². The first-order chi connectivity index (χ1) is 13.3. The third kappa shape index (κ3) is 4.95. The predicted molar refractivity (Wildman–Crippen MR) is 115 cm³/mol. The number of ether oxygens (including phenoxy) is 2. The normalized spacial score (nSPS) is 18.5. The van der Waals surface area contributed by atoms with Gasteiger partial charge in [-0.2, -0.15) is 0 Å². The average Bonchev–Trinajstić information content (AvgIpc) is 2.66. The largest absolute Gasteiger partial charge is 0.497 e. The zero-order valence-electron chi connectivity index (χ0n) is 16.6. The Hall–Kier alpha value is -1.85. The summed E-state index contributed by atoms with van der Waals surface area (Å²) in [5.41, 5.74) is 0.600. The Bertz CT molecular complexity index is 838. The molecule has 0 aromatic heterocycles. The monoisotopic (exact) mass is 419 g/mol. The fourth-order valence-electron chi connectivity index (χ4n) is 3.35. The highest BCUT2D eigenvalue weighted by molar-refractivity contribution is 8.00. The average molecular weight is 420 g/mol. The van der Waals surface area contributed by atoms with Crippen molar-refractivity contribution >= 4 is 29.3 Å². The van der Waals surface area contributed by atoms with Crippen LogP contribution in [0.3, 0.4) is 0 Å². The van der Waals surface area contributed by atoms with Gasteiger partial charge in [-0.25, -0.2) is 0 Å². The molecule has 1 heterocycles. The number of methoxy groups -OCH3 is 1. The Balaban J connectivity index is 1.79. The van der Waals surface area contributed by atoms with Gasteiger partial charge in [-0.05, 0) is 62.7 Å². The summed E-state index contributed by atoms with van der Waals surface area (Å²) < 4.78 is 11.5. The summed E-state index contributed by atoms with van der Waals surface area (Å²) in [4.78, 5) is 14.1. The molecule has 4 nitrogen and oxygen atoms in total. The van der Waals surface area contributed by atoms with Crippen LogP contribution in [0.25, 0.3) is 0 Å². The Morgan fingerprint density at radius 2 is 2.04 bits per heavy atom. The van der Waals surface area contributed by atoms with E-state index in [0.717, 1.165) is 28.4 Å². The molecule has 6 heteroatoms. The van der Waals surface area contributed by atoms with E-state index in [1.54, 1.807) is 18.9 Å². The van der Waals surface area contributed by atoms with E-state index in [-0.39, 0.29) is 22.8 Å². The maximum absolute atomic E-state index is 13.1. The summed E-state index contributed by atoms with van der Waals surface area (Å²) in [5, 5.41) is 3.76. The summed E-state index contributed by atoms with van der Waals surface area (Å²) >= 11 is 7.52. The van der Waals surface area contributed by atoms with Crippen LogP contribution >= 0.6 is 23.4 Å². The number of nitrogens with one attached hydrogen (secondary N) is 1. The van der Waals surface area contributed by atoms with Gasteiger partial charge < -0.3 is 14.8 Å². The molecule has 3 rings (SSSR count). The molecule has 2 atom stereocenters. The van der Waals surface area contributed by atoms with E-state index in [1.165, 1.54) is 0 Å². The van der Waals surface area contributed by atoms with Crippen LogP contribution in [0.1, 0.15) is 45.2 Å². The summed E-state index contributed by atoms with van der Waals surface area (Å²) in [6.07, 6.45) is 1.43. The van der Waals surface area contributed by atoms with Crippen LogP contribution in [0.5, 0.6) is 11.5 Å². The van der Waals surface area contributed by atoms with Crippen molar-refractivity contribution in [2.24, 2.45) is 0 Å². The number of thioether (sulfide) groups is 1. The van der Waals surface area contributed by atoms with E-state index in [2.05, 4.69) is 5.32 Å². The summed E-state index contributed by atoms with van der Waals surface area (Å²) in [6.45, 7) is 6.11. The van der Waals surface area contributed by atoms with Gasteiger partial charge in [0, 0.05) is 21.9 Å². The molecule has 0 aliphatic carbocycles. The van der Waals surface area contributed by atoms with Gasteiger partial charge in [0.2, 0.25) is 5.91 Å². The molecule has 1 aliphatic rings. The number of hydrogen-bond acceptors (Lipinski definition) is 4. The Morgan fingerprint density at radius 1 is 1.32 bits per heavy atom. The van der Waals surface area contributed by atoms with E-state index in [0.29, 0.717) is 11.4 Å². The first-order valence-electron chi connectivity index (χ1n) is 9.41. The minimum Gasteiger partial charge on any atom is -0.497 e. The van der Waals surface area contributed by atoms with Crippen LogP contribution in [0, 0.1) is 0 Å². The first kappa shape index (κ1) is 20.9. The van der Waals surface area contributed by atoms with Gasteiger partial charge in [0.25, 0.3) is 0 Å². The molecule has 0 bridgehead atoms. The van der Waals surface area contributed by atoms with Crippen LogP contribution in [0.4, 0.5) is 0 Å². The molecule has 0 saturated heterocycles. The zero-order valence-corrected chi connectivity index (χ0v) is 18.2. The van der Waals surface area contributed by atoms with Crippen molar-refractivity contribution in [3.63, 3.8) is 0 Å². The molecule has 150 valence electrons.